The summed E-state index contributed by atoms with van der Waals surface area (Å²) >= 11 is 3.66. The predicted octanol–water partition coefficient (Wildman–Crippen LogP) is 4.70. The summed E-state index contributed by atoms with van der Waals surface area (Å²) in [4.78, 5) is 2.69. The molecule has 0 rings (SSSR count). The lowest BCUT2D eigenvalue weighted by atomic mass is 10.0. The van der Waals surface area contributed by atoms with E-state index in [1.54, 1.807) is 0 Å². The van der Waals surface area contributed by atoms with Gasteiger partial charge < -0.3 is 4.90 Å². The van der Waals surface area contributed by atoms with Crippen LogP contribution in [0.4, 0.5) is 0 Å². The minimum absolute atomic E-state index is 0.741. The Morgan fingerprint density at radius 3 is 2.25 bits per heavy atom. The molecule has 1 nitrogen and oxygen atoms in total. The maximum absolute atomic E-state index is 3.66. The molecular formula is C14H30BrN. The van der Waals surface area contributed by atoms with Crippen LogP contribution in [0.15, 0.2) is 0 Å². The number of rotatable bonds is 10. The molecule has 0 fully saturated rings. The molecule has 0 bridgehead atoms. The molecule has 0 aliphatic rings. The van der Waals surface area contributed by atoms with Gasteiger partial charge in [-0.05, 0) is 38.6 Å². The lowest BCUT2D eigenvalue weighted by Gasteiger charge is -2.31. The molecule has 0 amide bonds. The van der Waals surface area contributed by atoms with Crippen LogP contribution < -0.4 is 0 Å². The number of halogens is 1. The Labute approximate surface area is 111 Å². The van der Waals surface area contributed by atoms with Crippen molar-refractivity contribution in [2.45, 2.75) is 65.8 Å². The van der Waals surface area contributed by atoms with Gasteiger partial charge in [0.25, 0.3) is 0 Å². The molecule has 2 unspecified atom stereocenters. The maximum Gasteiger partial charge on any atom is 0.00718 e. The van der Waals surface area contributed by atoms with E-state index >= 15 is 0 Å². The molecule has 0 aromatic heterocycles. The monoisotopic (exact) mass is 291 g/mol. The van der Waals surface area contributed by atoms with Crippen molar-refractivity contribution in [1.82, 2.24) is 4.90 Å². The summed E-state index contributed by atoms with van der Waals surface area (Å²) in [6, 6.07) is 0.741. The standard InChI is InChI=1S/C14H30BrN/c1-5-8-10-16(13(4)7-3)12-14(11-15)9-6-2/h13-14H,5-12H2,1-4H3. The van der Waals surface area contributed by atoms with Crippen molar-refractivity contribution >= 4 is 15.9 Å². The van der Waals surface area contributed by atoms with E-state index in [4.69, 9.17) is 0 Å². The van der Waals surface area contributed by atoms with Gasteiger partial charge in [0.05, 0.1) is 0 Å². The van der Waals surface area contributed by atoms with Crippen molar-refractivity contribution in [3.05, 3.63) is 0 Å². The molecule has 98 valence electrons. The van der Waals surface area contributed by atoms with Crippen LogP contribution in [-0.4, -0.2) is 29.4 Å². The van der Waals surface area contributed by atoms with Gasteiger partial charge in [0, 0.05) is 17.9 Å². The summed E-state index contributed by atoms with van der Waals surface area (Å²) in [6.07, 6.45) is 6.57. The van der Waals surface area contributed by atoms with Crippen molar-refractivity contribution in [1.29, 1.82) is 0 Å². The van der Waals surface area contributed by atoms with E-state index in [2.05, 4.69) is 48.5 Å². The van der Waals surface area contributed by atoms with Crippen LogP contribution in [0.3, 0.4) is 0 Å². The quantitative estimate of drug-likeness (QED) is 0.528. The highest BCUT2D eigenvalue weighted by molar-refractivity contribution is 9.09. The fraction of sp³-hybridized carbons (Fsp3) is 1.00. The summed E-state index contributed by atoms with van der Waals surface area (Å²) in [7, 11) is 0. The van der Waals surface area contributed by atoms with Crippen LogP contribution in [0.2, 0.25) is 0 Å². The lowest BCUT2D eigenvalue weighted by Crippen LogP contribution is -2.38. The van der Waals surface area contributed by atoms with Gasteiger partial charge in [-0.3, -0.25) is 0 Å². The van der Waals surface area contributed by atoms with Crippen molar-refractivity contribution < 1.29 is 0 Å². The van der Waals surface area contributed by atoms with E-state index in [1.165, 1.54) is 45.2 Å². The maximum atomic E-state index is 3.66. The Morgan fingerprint density at radius 2 is 1.81 bits per heavy atom. The lowest BCUT2D eigenvalue weighted by molar-refractivity contribution is 0.173. The molecule has 0 spiro atoms. The zero-order valence-corrected chi connectivity index (χ0v) is 13.2. The summed E-state index contributed by atoms with van der Waals surface area (Å²) in [5.74, 6) is 0.829. The number of nitrogens with zero attached hydrogens (tertiary/aromatic N) is 1. The first-order chi connectivity index (χ1) is 7.69. The Hall–Kier alpha value is 0.440. The summed E-state index contributed by atoms with van der Waals surface area (Å²) < 4.78 is 0. The van der Waals surface area contributed by atoms with E-state index in [0.717, 1.165) is 17.3 Å². The fourth-order valence-corrected chi connectivity index (χ4v) is 2.60. The topological polar surface area (TPSA) is 3.24 Å². The SMILES string of the molecule is CCCCN(CC(CBr)CCC)C(C)CC. The Bertz CT molecular complexity index is 150. The first-order valence-corrected chi connectivity index (χ1v) is 8.11. The Morgan fingerprint density at radius 1 is 1.12 bits per heavy atom. The molecule has 0 N–H and O–H groups in total. The summed E-state index contributed by atoms with van der Waals surface area (Å²) in [5, 5.41) is 1.15. The Balaban J connectivity index is 4.15. The van der Waals surface area contributed by atoms with E-state index in [1.807, 2.05) is 0 Å². The van der Waals surface area contributed by atoms with Crippen LogP contribution in [0.1, 0.15) is 59.8 Å². The third kappa shape index (κ3) is 6.90. The molecule has 2 atom stereocenters. The molecule has 0 heterocycles. The zero-order valence-electron chi connectivity index (χ0n) is 11.6. The van der Waals surface area contributed by atoms with Gasteiger partial charge in [0.1, 0.15) is 0 Å². The van der Waals surface area contributed by atoms with Gasteiger partial charge in [0.2, 0.25) is 0 Å². The molecule has 0 saturated heterocycles. The highest BCUT2D eigenvalue weighted by Crippen LogP contribution is 2.15. The van der Waals surface area contributed by atoms with Crippen LogP contribution in [0, 0.1) is 5.92 Å². The van der Waals surface area contributed by atoms with Crippen LogP contribution in [-0.2, 0) is 0 Å². The van der Waals surface area contributed by atoms with Crippen LogP contribution in [0.5, 0.6) is 0 Å². The third-order valence-electron chi connectivity index (χ3n) is 3.42. The number of unbranched alkanes of at least 4 members (excludes halogenated alkanes) is 1. The average molecular weight is 292 g/mol. The first kappa shape index (κ1) is 16.4. The van der Waals surface area contributed by atoms with Crippen molar-refractivity contribution in [2.24, 2.45) is 5.92 Å². The van der Waals surface area contributed by atoms with E-state index in [9.17, 15) is 0 Å². The van der Waals surface area contributed by atoms with Crippen molar-refractivity contribution in [2.75, 3.05) is 18.4 Å². The second-order valence-electron chi connectivity index (χ2n) is 4.91. The summed E-state index contributed by atoms with van der Waals surface area (Å²) in [6.45, 7) is 11.8. The highest BCUT2D eigenvalue weighted by Gasteiger charge is 2.16. The molecule has 0 aliphatic heterocycles. The molecule has 16 heavy (non-hydrogen) atoms. The average Bonchev–Trinajstić information content (AvgIpc) is 2.32. The number of hydrogen-bond donors (Lipinski definition) is 0. The first-order valence-electron chi connectivity index (χ1n) is 6.99. The largest absolute Gasteiger partial charge is 0.300 e. The molecule has 0 aromatic rings. The number of hydrogen-bond acceptors (Lipinski definition) is 1. The Kier molecular flexibility index (Phi) is 10.9. The molecule has 0 radical (unpaired) electrons. The van der Waals surface area contributed by atoms with Crippen molar-refractivity contribution in [3.8, 4) is 0 Å². The number of alkyl halides is 1. The third-order valence-corrected chi connectivity index (χ3v) is 4.34. The van der Waals surface area contributed by atoms with Gasteiger partial charge in [-0.25, -0.2) is 0 Å². The molecule has 0 saturated carbocycles. The highest BCUT2D eigenvalue weighted by atomic mass is 79.9. The van der Waals surface area contributed by atoms with Gasteiger partial charge >= 0.3 is 0 Å². The van der Waals surface area contributed by atoms with Gasteiger partial charge in [0.15, 0.2) is 0 Å². The molecule has 2 heteroatoms. The second-order valence-corrected chi connectivity index (χ2v) is 5.56. The smallest absolute Gasteiger partial charge is 0.00718 e. The van der Waals surface area contributed by atoms with E-state index in [-0.39, 0.29) is 0 Å². The summed E-state index contributed by atoms with van der Waals surface area (Å²) in [5.41, 5.74) is 0. The normalized spacial score (nSPS) is 15.4. The minimum atomic E-state index is 0.741. The van der Waals surface area contributed by atoms with E-state index < -0.39 is 0 Å². The molecular weight excluding hydrogens is 262 g/mol. The zero-order chi connectivity index (χ0) is 12.4. The van der Waals surface area contributed by atoms with Gasteiger partial charge in [-0.1, -0.05) is 49.5 Å². The van der Waals surface area contributed by atoms with Gasteiger partial charge in [-0.15, -0.1) is 0 Å². The molecule has 0 aliphatic carbocycles. The molecule has 0 aromatic carbocycles. The van der Waals surface area contributed by atoms with E-state index in [0.29, 0.717) is 0 Å². The van der Waals surface area contributed by atoms with Crippen LogP contribution >= 0.6 is 15.9 Å². The fourth-order valence-electron chi connectivity index (χ4n) is 2.07. The second kappa shape index (κ2) is 10.6. The van der Waals surface area contributed by atoms with Gasteiger partial charge in [-0.2, -0.15) is 0 Å². The predicted molar refractivity (Wildman–Crippen MR) is 78.4 cm³/mol. The van der Waals surface area contributed by atoms with Crippen LogP contribution in [0.25, 0.3) is 0 Å². The minimum Gasteiger partial charge on any atom is -0.300 e. The van der Waals surface area contributed by atoms with Crippen molar-refractivity contribution in [3.63, 3.8) is 0 Å².